The second-order valence-corrected chi connectivity index (χ2v) is 4.77. The largest absolute Gasteiger partial charge is 0.412 e. The number of hydrogen-bond donors (Lipinski definition) is 1. The molecule has 0 aliphatic heterocycles. The SMILES string of the molecule is CC(CCc1ccccc1)NC(=O)Oc1ccccc1. The Labute approximate surface area is 119 Å². The Morgan fingerprint density at radius 1 is 1.05 bits per heavy atom. The van der Waals surface area contributed by atoms with Crippen molar-refractivity contribution in [3.05, 3.63) is 66.2 Å². The molecule has 0 saturated carbocycles. The highest BCUT2D eigenvalue weighted by atomic mass is 16.6. The van der Waals surface area contributed by atoms with E-state index in [0.29, 0.717) is 5.75 Å². The number of hydrogen-bond acceptors (Lipinski definition) is 2. The molecule has 104 valence electrons. The summed E-state index contributed by atoms with van der Waals surface area (Å²) in [5, 5.41) is 2.84. The van der Waals surface area contributed by atoms with Crippen LogP contribution in [0.1, 0.15) is 18.9 Å². The minimum atomic E-state index is -0.406. The van der Waals surface area contributed by atoms with Gasteiger partial charge < -0.3 is 10.1 Å². The third kappa shape index (κ3) is 4.76. The van der Waals surface area contributed by atoms with Crippen LogP contribution in [0.25, 0.3) is 0 Å². The van der Waals surface area contributed by atoms with E-state index in [0.717, 1.165) is 12.8 Å². The van der Waals surface area contributed by atoms with E-state index in [9.17, 15) is 4.79 Å². The predicted molar refractivity (Wildman–Crippen MR) is 79.8 cm³/mol. The van der Waals surface area contributed by atoms with E-state index in [4.69, 9.17) is 4.74 Å². The Balaban J connectivity index is 1.74. The van der Waals surface area contributed by atoms with E-state index < -0.39 is 6.09 Å². The molecule has 1 atom stereocenters. The molecule has 1 amide bonds. The van der Waals surface area contributed by atoms with Crippen LogP contribution in [0.5, 0.6) is 5.75 Å². The van der Waals surface area contributed by atoms with Crippen molar-refractivity contribution >= 4 is 6.09 Å². The molecule has 0 fully saturated rings. The first kappa shape index (κ1) is 14.1. The van der Waals surface area contributed by atoms with Crippen molar-refractivity contribution in [2.75, 3.05) is 0 Å². The van der Waals surface area contributed by atoms with Crippen molar-refractivity contribution in [2.45, 2.75) is 25.8 Å². The van der Waals surface area contributed by atoms with Crippen LogP contribution in [0.2, 0.25) is 0 Å². The van der Waals surface area contributed by atoms with Gasteiger partial charge in [-0.2, -0.15) is 0 Å². The highest BCUT2D eigenvalue weighted by Crippen LogP contribution is 2.09. The van der Waals surface area contributed by atoms with Gasteiger partial charge >= 0.3 is 6.09 Å². The molecule has 0 aliphatic rings. The smallest absolute Gasteiger partial charge is 0.410 e. The molecule has 0 heterocycles. The first-order valence-corrected chi connectivity index (χ1v) is 6.81. The maximum absolute atomic E-state index is 11.7. The van der Waals surface area contributed by atoms with Gasteiger partial charge in [0.15, 0.2) is 0 Å². The molecule has 2 aromatic carbocycles. The van der Waals surface area contributed by atoms with Crippen molar-refractivity contribution < 1.29 is 9.53 Å². The van der Waals surface area contributed by atoms with E-state index in [-0.39, 0.29) is 6.04 Å². The van der Waals surface area contributed by atoms with E-state index >= 15 is 0 Å². The second-order valence-electron chi connectivity index (χ2n) is 4.77. The number of benzene rings is 2. The molecule has 0 aliphatic carbocycles. The molecule has 3 heteroatoms. The summed E-state index contributed by atoms with van der Waals surface area (Å²) in [6.07, 6.45) is 1.42. The monoisotopic (exact) mass is 269 g/mol. The standard InChI is InChI=1S/C17H19NO2/c1-14(12-13-15-8-4-2-5-9-15)18-17(19)20-16-10-6-3-7-11-16/h2-11,14H,12-13H2,1H3,(H,18,19). The zero-order chi connectivity index (χ0) is 14.2. The van der Waals surface area contributed by atoms with E-state index in [1.807, 2.05) is 43.3 Å². The Morgan fingerprint density at radius 2 is 1.65 bits per heavy atom. The zero-order valence-electron chi connectivity index (χ0n) is 11.6. The van der Waals surface area contributed by atoms with Crippen LogP contribution < -0.4 is 10.1 Å². The van der Waals surface area contributed by atoms with Crippen LogP contribution >= 0.6 is 0 Å². The third-order valence-electron chi connectivity index (χ3n) is 3.03. The fraction of sp³-hybridized carbons (Fsp3) is 0.235. The number of ether oxygens (including phenoxy) is 1. The molecular weight excluding hydrogens is 250 g/mol. The van der Waals surface area contributed by atoms with Gasteiger partial charge in [0.1, 0.15) is 5.75 Å². The average molecular weight is 269 g/mol. The first-order chi connectivity index (χ1) is 9.74. The molecule has 2 rings (SSSR count). The lowest BCUT2D eigenvalue weighted by molar-refractivity contribution is 0.196. The van der Waals surface area contributed by atoms with Crippen LogP contribution in [-0.4, -0.2) is 12.1 Å². The van der Waals surface area contributed by atoms with E-state index in [2.05, 4.69) is 17.4 Å². The number of amides is 1. The number of aryl methyl sites for hydroxylation is 1. The van der Waals surface area contributed by atoms with Crippen molar-refractivity contribution in [3.8, 4) is 5.75 Å². The topological polar surface area (TPSA) is 38.3 Å². The fourth-order valence-electron chi connectivity index (χ4n) is 1.93. The maximum Gasteiger partial charge on any atom is 0.412 e. The summed E-state index contributed by atoms with van der Waals surface area (Å²) in [4.78, 5) is 11.7. The van der Waals surface area contributed by atoms with Gasteiger partial charge in [-0.1, -0.05) is 48.5 Å². The van der Waals surface area contributed by atoms with Gasteiger partial charge in [-0.25, -0.2) is 4.79 Å². The molecule has 0 bridgehead atoms. The highest BCUT2D eigenvalue weighted by molar-refractivity contribution is 5.70. The Kier molecular flexibility index (Phi) is 5.18. The molecule has 0 aromatic heterocycles. The molecule has 0 radical (unpaired) electrons. The van der Waals surface area contributed by atoms with Crippen LogP contribution in [0.4, 0.5) is 4.79 Å². The van der Waals surface area contributed by atoms with Crippen LogP contribution in [0.3, 0.4) is 0 Å². The normalized spacial score (nSPS) is 11.7. The lowest BCUT2D eigenvalue weighted by Gasteiger charge is -2.13. The molecule has 1 unspecified atom stereocenters. The fourth-order valence-corrected chi connectivity index (χ4v) is 1.93. The van der Waals surface area contributed by atoms with Gasteiger partial charge in [0.2, 0.25) is 0 Å². The number of rotatable bonds is 5. The van der Waals surface area contributed by atoms with Gasteiger partial charge in [0, 0.05) is 6.04 Å². The lowest BCUT2D eigenvalue weighted by atomic mass is 10.1. The third-order valence-corrected chi connectivity index (χ3v) is 3.03. The van der Waals surface area contributed by atoms with Crippen LogP contribution in [0.15, 0.2) is 60.7 Å². The Morgan fingerprint density at radius 3 is 2.30 bits per heavy atom. The summed E-state index contributed by atoms with van der Waals surface area (Å²) < 4.78 is 5.19. The molecule has 1 N–H and O–H groups in total. The average Bonchev–Trinajstić information content (AvgIpc) is 2.47. The van der Waals surface area contributed by atoms with Crippen LogP contribution in [-0.2, 0) is 6.42 Å². The van der Waals surface area contributed by atoms with Crippen molar-refractivity contribution in [2.24, 2.45) is 0 Å². The summed E-state index contributed by atoms with van der Waals surface area (Å²) in [6, 6.07) is 19.4. The minimum Gasteiger partial charge on any atom is -0.410 e. The van der Waals surface area contributed by atoms with Gasteiger partial charge in [-0.05, 0) is 37.5 Å². The van der Waals surface area contributed by atoms with E-state index in [1.54, 1.807) is 12.1 Å². The van der Waals surface area contributed by atoms with Crippen molar-refractivity contribution in [3.63, 3.8) is 0 Å². The Hall–Kier alpha value is -2.29. The first-order valence-electron chi connectivity index (χ1n) is 6.81. The van der Waals surface area contributed by atoms with Crippen molar-refractivity contribution in [1.29, 1.82) is 0 Å². The molecule has 2 aromatic rings. The van der Waals surface area contributed by atoms with Gasteiger partial charge in [0.05, 0.1) is 0 Å². The maximum atomic E-state index is 11.7. The number of carbonyl (C=O) groups is 1. The van der Waals surface area contributed by atoms with Crippen LogP contribution in [0, 0.1) is 0 Å². The van der Waals surface area contributed by atoms with Gasteiger partial charge in [0.25, 0.3) is 0 Å². The summed E-state index contributed by atoms with van der Waals surface area (Å²) in [5.74, 6) is 0.556. The van der Waals surface area contributed by atoms with Gasteiger partial charge in [-0.15, -0.1) is 0 Å². The molecular formula is C17H19NO2. The lowest BCUT2D eigenvalue weighted by Crippen LogP contribution is -2.35. The summed E-state index contributed by atoms with van der Waals surface area (Å²) in [5.41, 5.74) is 1.28. The molecule has 0 saturated heterocycles. The zero-order valence-corrected chi connectivity index (χ0v) is 11.6. The highest BCUT2D eigenvalue weighted by Gasteiger charge is 2.09. The minimum absolute atomic E-state index is 0.0754. The summed E-state index contributed by atoms with van der Waals surface area (Å²) in [6.45, 7) is 1.98. The number of carbonyl (C=O) groups excluding carboxylic acids is 1. The van der Waals surface area contributed by atoms with E-state index in [1.165, 1.54) is 5.56 Å². The second kappa shape index (κ2) is 7.34. The van der Waals surface area contributed by atoms with Crippen molar-refractivity contribution in [1.82, 2.24) is 5.32 Å². The number of nitrogens with one attached hydrogen (secondary N) is 1. The molecule has 20 heavy (non-hydrogen) atoms. The molecule has 3 nitrogen and oxygen atoms in total. The summed E-state index contributed by atoms with van der Waals surface area (Å²) >= 11 is 0. The van der Waals surface area contributed by atoms with Gasteiger partial charge in [-0.3, -0.25) is 0 Å². The quantitative estimate of drug-likeness (QED) is 0.896. The number of para-hydroxylation sites is 1. The Bertz CT molecular complexity index is 525. The molecule has 0 spiro atoms. The predicted octanol–water partition coefficient (Wildman–Crippen LogP) is 3.80. The summed E-state index contributed by atoms with van der Waals surface area (Å²) in [7, 11) is 0.